The number of aliphatic imine (C=N–C) groups is 1. The Morgan fingerprint density at radius 3 is 2.39 bits per heavy atom. The van der Waals surface area contributed by atoms with E-state index in [4.69, 9.17) is 9.73 Å². The second-order valence-electron chi connectivity index (χ2n) is 8.87. The van der Waals surface area contributed by atoms with Crippen molar-refractivity contribution in [2.24, 2.45) is 10.9 Å². The molecule has 0 fully saturated rings. The van der Waals surface area contributed by atoms with Gasteiger partial charge in [0.2, 0.25) is 0 Å². The predicted octanol–water partition coefficient (Wildman–Crippen LogP) is 7.20. The van der Waals surface area contributed by atoms with Gasteiger partial charge in [0, 0.05) is 10.8 Å². The van der Waals surface area contributed by atoms with Gasteiger partial charge in [-0.3, -0.25) is 4.99 Å². The van der Waals surface area contributed by atoms with Gasteiger partial charge in [0.15, 0.2) is 0 Å². The highest BCUT2D eigenvalue weighted by Gasteiger charge is 2.34. The summed E-state index contributed by atoms with van der Waals surface area (Å²) in [5, 5.41) is 11.7. The number of thioether (sulfide) groups is 1. The molecule has 2 unspecified atom stereocenters. The van der Waals surface area contributed by atoms with Crippen molar-refractivity contribution in [2.45, 2.75) is 70.5 Å². The SMILES string of the molecule is CCCOc1ccc([C@H](O)CCC2SC(c3ccc(C(F)(F)F)cc3)=NC2C(C)C)cc1C. The summed E-state index contributed by atoms with van der Waals surface area (Å²) in [6.07, 6.45) is -2.65. The van der Waals surface area contributed by atoms with Crippen molar-refractivity contribution < 1.29 is 23.0 Å². The van der Waals surface area contributed by atoms with Crippen LogP contribution in [-0.4, -0.2) is 28.0 Å². The topological polar surface area (TPSA) is 41.8 Å². The Morgan fingerprint density at radius 2 is 1.82 bits per heavy atom. The minimum atomic E-state index is -4.35. The molecule has 1 N–H and O–H groups in total. The maximum atomic E-state index is 12.9. The molecule has 3 nitrogen and oxygen atoms in total. The number of halogens is 3. The maximum absolute atomic E-state index is 12.9. The van der Waals surface area contributed by atoms with Crippen LogP contribution in [0.1, 0.15) is 68.4 Å². The summed E-state index contributed by atoms with van der Waals surface area (Å²) in [6, 6.07) is 11.1. The van der Waals surface area contributed by atoms with E-state index in [1.54, 1.807) is 11.8 Å². The summed E-state index contributed by atoms with van der Waals surface area (Å²) >= 11 is 1.60. The van der Waals surface area contributed by atoms with Crippen molar-refractivity contribution in [1.29, 1.82) is 0 Å². The van der Waals surface area contributed by atoms with E-state index in [0.717, 1.165) is 46.9 Å². The number of aliphatic hydroxyl groups excluding tert-OH is 1. The Morgan fingerprint density at radius 1 is 1.12 bits per heavy atom. The fraction of sp³-hybridized carbons (Fsp3) is 0.500. The van der Waals surface area contributed by atoms with E-state index in [0.29, 0.717) is 24.5 Å². The van der Waals surface area contributed by atoms with Gasteiger partial charge in [-0.15, -0.1) is 11.8 Å². The number of alkyl halides is 3. The standard InChI is InChI=1S/C26H32F3NO2S/c1-5-14-32-22-12-8-19(15-17(22)4)21(31)11-13-23-24(16(2)3)30-25(33-23)18-6-9-20(10-7-18)26(27,28)29/h6-10,12,15-16,21,23-24,31H,5,11,13-14H2,1-4H3/t21-,23?,24?/m1/s1. The number of ether oxygens (including phenoxy) is 1. The third-order valence-corrected chi connectivity index (χ3v) is 7.20. The molecule has 180 valence electrons. The molecular formula is C26H32F3NO2S. The highest BCUT2D eigenvalue weighted by Crippen LogP contribution is 2.39. The molecule has 0 saturated heterocycles. The van der Waals surface area contributed by atoms with Gasteiger partial charge in [-0.25, -0.2) is 0 Å². The van der Waals surface area contributed by atoms with Crippen LogP contribution >= 0.6 is 11.8 Å². The number of hydrogen-bond acceptors (Lipinski definition) is 4. The van der Waals surface area contributed by atoms with Crippen LogP contribution in [0, 0.1) is 12.8 Å². The zero-order chi connectivity index (χ0) is 24.2. The maximum Gasteiger partial charge on any atom is 0.416 e. The van der Waals surface area contributed by atoms with Gasteiger partial charge in [0.05, 0.1) is 29.4 Å². The number of aliphatic hydroxyl groups is 1. The zero-order valence-corrected chi connectivity index (χ0v) is 20.3. The third kappa shape index (κ3) is 6.54. The van der Waals surface area contributed by atoms with E-state index in [-0.39, 0.29) is 11.3 Å². The first-order valence-corrected chi connectivity index (χ1v) is 12.3. The number of nitrogens with zero attached hydrogens (tertiary/aromatic N) is 1. The summed E-state index contributed by atoms with van der Waals surface area (Å²) < 4.78 is 44.4. The third-order valence-electron chi connectivity index (χ3n) is 5.82. The summed E-state index contributed by atoms with van der Waals surface area (Å²) in [4.78, 5) is 4.84. The van der Waals surface area contributed by atoms with Gasteiger partial charge in [-0.1, -0.05) is 39.0 Å². The largest absolute Gasteiger partial charge is 0.493 e. The molecule has 3 atom stereocenters. The van der Waals surface area contributed by atoms with Crippen LogP contribution in [0.25, 0.3) is 0 Å². The number of benzene rings is 2. The van der Waals surface area contributed by atoms with Crippen LogP contribution in [0.4, 0.5) is 13.2 Å². The molecule has 0 aromatic heterocycles. The van der Waals surface area contributed by atoms with Gasteiger partial charge in [0.25, 0.3) is 0 Å². The highest BCUT2D eigenvalue weighted by molar-refractivity contribution is 8.15. The molecule has 1 heterocycles. The molecule has 0 aliphatic carbocycles. The van der Waals surface area contributed by atoms with Gasteiger partial charge in [-0.2, -0.15) is 13.2 Å². The summed E-state index contributed by atoms with van der Waals surface area (Å²) in [6.45, 7) is 8.91. The molecule has 1 aliphatic rings. The van der Waals surface area contributed by atoms with Gasteiger partial charge in [-0.05, 0) is 67.5 Å². The van der Waals surface area contributed by atoms with Crippen LogP contribution in [0.15, 0.2) is 47.5 Å². The first-order valence-electron chi connectivity index (χ1n) is 11.4. The molecule has 2 aromatic rings. The molecule has 3 rings (SSSR count). The number of rotatable bonds is 9. The lowest BCUT2D eigenvalue weighted by molar-refractivity contribution is -0.137. The molecular weight excluding hydrogens is 447 g/mol. The number of hydrogen-bond donors (Lipinski definition) is 1. The molecule has 7 heteroatoms. The highest BCUT2D eigenvalue weighted by atomic mass is 32.2. The van der Waals surface area contributed by atoms with Crippen molar-refractivity contribution in [2.75, 3.05) is 6.61 Å². The predicted molar refractivity (Wildman–Crippen MR) is 129 cm³/mol. The molecule has 0 amide bonds. The monoisotopic (exact) mass is 479 g/mol. The quantitative estimate of drug-likeness (QED) is 0.413. The van der Waals surface area contributed by atoms with E-state index >= 15 is 0 Å². The Balaban J connectivity index is 1.64. The van der Waals surface area contributed by atoms with Crippen LogP contribution < -0.4 is 4.74 Å². The molecule has 0 spiro atoms. The van der Waals surface area contributed by atoms with E-state index < -0.39 is 17.8 Å². The normalized spacial score (nSPS) is 19.6. The molecule has 0 saturated carbocycles. The average Bonchev–Trinajstić information content (AvgIpc) is 3.21. The summed E-state index contributed by atoms with van der Waals surface area (Å²) in [5.74, 6) is 1.14. The molecule has 0 radical (unpaired) electrons. The van der Waals surface area contributed by atoms with Crippen molar-refractivity contribution in [3.63, 3.8) is 0 Å². The summed E-state index contributed by atoms with van der Waals surface area (Å²) in [5.41, 5.74) is 1.92. The van der Waals surface area contributed by atoms with Gasteiger partial charge >= 0.3 is 6.18 Å². The smallest absolute Gasteiger partial charge is 0.416 e. The second-order valence-corrected chi connectivity index (χ2v) is 10.1. The van der Waals surface area contributed by atoms with Gasteiger partial charge < -0.3 is 9.84 Å². The van der Waals surface area contributed by atoms with Crippen molar-refractivity contribution in [3.8, 4) is 5.75 Å². The minimum absolute atomic E-state index is 0.0612. The molecule has 0 bridgehead atoms. The van der Waals surface area contributed by atoms with Crippen molar-refractivity contribution in [3.05, 3.63) is 64.7 Å². The first-order chi connectivity index (χ1) is 15.6. The lowest BCUT2D eigenvalue weighted by atomic mass is 9.95. The second kappa shape index (κ2) is 11.0. The van der Waals surface area contributed by atoms with Gasteiger partial charge in [0.1, 0.15) is 5.75 Å². The Hall–Kier alpha value is -1.99. The van der Waals surface area contributed by atoms with Crippen LogP contribution in [0.5, 0.6) is 5.75 Å². The minimum Gasteiger partial charge on any atom is -0.493 e. The fourth-order valence-electron chi connectivity index (χ4n) is 3.96. The Labute approximate surface area is 198 Å². The van der Waals surface area contributed by atoms with Crippen LogP contribution in [0.3, 0.4) is 0 Å². The fourth-order valence-corrected chi connectivity index (χ4v) is 5.47. The van der Waals surface area contributed by atoms with Crippen LogP contribution in [0.2, 0.25) is 0 Å². The summed E-state index contributed by atoms with van der Waals surface area (Å²) in [7, 11) is 0. The number of aryl methyl sites for hydroxylation is 1. The van der Waals surface area contributed by atoms with E-state index in [9.17, 15) is 18.3 Å². The van der Waals surface area contributed by atoms with E-state index in [1.165, 1.54) is 12.1 Å². The zero-order valence-electron chi connectivity index (χ0n) is 19.5. The van der Waals surface area contributed by atoms with E-state index in [1.807, 2.05) is 25.1 Å². The van der Waals surface area contributed by atoms with Crippen molar-refractivity contribution >= 4 is 16.8 Å². The van der Waals surface area contributed by atoms with E-state index in [2.05, 4.69) is 20.8 Å². The van der Waals surface area contributed by atoms with Crippen LogP contribution in [-0.2, 0) is 6.18 Å². The average molecular weight is 480 g/mol. The molecule has 2 aromatic carbocycles. The van der Waals surface area contributed by atoms with Crippen molar-refractivity contribution in [1.82, 2.24) is 0 Å². The molecule has 1 aliphatic heterocycles. The molecule has 33 heavy (non-hydrogen) atoms. The lowest BCUT2D eigenvalue weighted by Crippen LogP contribution is -2.23. The Bertz CT molecular complexity index is 957. The lowest BCUT2D eigenvalue weighted by Gasteiger charge is -2.22. The first kappa shape index (κ1) is 25.6. The Kier molecular flexibility index (Phi) is 8.51.